The molecule has 1 aliphatic rings. The molecule has 0 unspecified atom stereocenters. The summed E-state index contributed by atoms with van der Waals surface area (Å²) in [5, 5.41) is 3.23. The molecule has 1 aliphatic carbocycles. The van der Waals surface area contributed by atoms with Gasteiger partial charge in [0.1, 0.15) is 12.6 Å². The van der Waals surface area contributed by atoms with E-state index in [0.29, 0.717) is 12.1 Å². The summed E-state index contributed by atoms with van der Waals surface area (Å²) in [6.07, 6.45) is 6.57. The summed E-state index contributed by atoms with van der Waals surface area (Å²) in [6, 6.07) is 23.9. The van der Waals surface area contributed by atoms with Crippen LogP contribution >= 0.6 is 0 Å². The maximum absolute atomic E-state index is 14.2. The molecule has 41 heavy (non-hydrogen) atoms. The lowest BCUT2D eigenvalue weighted by Gasteiger charge is -2.35. The van der Waals surface area contributed by atoms with E-state index in [2.05, 4.69) is 5.32 Å². The molecule has 0 heterocycles. The molecule has 3 aromatic rings. The Bertz CT molecular complexity index is 1420. The van der Waals surface area contributed by atoms with E-state index in [4.69, 9.17) is 0 Å². The molecule has 0 aromatic heterocycles. The summed E-state index contributed by atoms with van der Waals surface area (Å²) in [4.78, 5) is 29.8. The maximum Gasteiger partial charge on any atom is 0.244 e. The van der Waals surface area contributed by atoms with Gasteiger partial charge < -0.3 is 10.2 Å². The molecule has 218 valence electrons. The molecule has 2 amide bonds. The van der Waals surface area contributed by atoms with Gasteiger partial charge >= 0.3 is 0 Å². The molecule has 0 aliphatic heterocycles. The van der Waals surface area contributed by atoms with Gasteiger partial charge in [0, 0.05) is 19.0 Å². The van der Waals surface area contributed by atoms with Crippen LogP contribution in [0.3, 0.4) is 0 Å². The Kier molecular flexibility index (Phi) is 10.2. The highest BCUT2D eigenvalue weighted by Gasteiger charge is 2.34. The van der Waals surface area contributed by atoms with Crippen molar-refractivity contribution in [2.75, 3.05) is 17.1 Å². The van der Waals surface area contributed by atoms with Crippen molar-refractivity contribution in [2.45, 2.75) is 71.0 Å². The summed E-state index contributed by atoms with van der Waals surface area (Å²) in [5.41, 5.74) is 4.08. The number of para-hydroxylation sites is 1. The largest absolute Gasteiger partial charge is 0.352 e. The lowest BCUT2D eigenvalue weighted by Crippen LogP contribution is -2.55. The van der Waals surface area contributed by atoms with Crippen LogP contribution in [0, 0.1) is 13.8 Å². The van der Waals surface area contributed by atoms with Crippen molar-refractivity contribution in [1.29, 1.82) is 0 Å². The Labute approximate surface area is 244 Å². The molecule has 3 aromatic carbocycles. The van der Waals surface area contributed by atoms with E-state index < -0.39 is 28.5 Å². The van der Waals surface area contributed by atoms with E-state index in [1.165, 1.54) is 0 Å². The number of benzene rings is 3. The first-order chi connectivity index (χ1) is 19.6. The lowest BCUT2D eigenvalue weighted by molar-refractivity contribution is -0.140. The van der Waals surface area contributed by atoms with Gasteiger partial charge in [-0.15, -0.1) is 0 Å². The second-order valence-electron chi connectivity index (χ2n) is 11.1. The van der Waals surface area contributed by atoms with Crippen LogP contribution in [0.1, 0.15) is 54.4 Å². The molecule has 1 N–H and O–H groups in total. The Balaban J connectivity index is 1.72. The average Bonchev–Trinajstić information content (AvgIpc) is 2.95. The molecule has 0 radical (unpaired) electrons. The van der Waals surface area contributed by atoms with E-state index in [0.717, 1.165) is 64.9 Å². The third-order valence-electron chi connectivity index (χ3n) is 7.76. The quantitative estimate of drug-likeness (QED) is 0.342. The molecule has 0 bridgehead atoms. The molecule has 1 atom stereocenters. The second kappa shape index (κ2) is 13.8. The fraction of sp³-hybridized carbons (Fsp3) is 0.394. The minimum absolute atomic E-state index is 0.0744. The van der Waals surface area contributed by atoms with Crippen LogP contribution in [0.5, 0.6) is 0 Å². The third-order valence-corrected chi connectivity index (χ3v) is 8.89. The zero-order chi connectivity index (χ0) is 29.4. The van der Waals surface area contributed by atoms with Crippen molar-refractivity contribution in [1.82, 2.24) is 10.2 Å². The smallest absolute Gasteiger partial charge is 0.244 e. The van der Waals surface area contributed by atoms with Crippen LogP contribution in [0.4, 0.5) is 5.69 Å². The number of hydrogen-bond acceptors (Lipinski definition) is 4. The van der Waals surface area contributed by atoms with Gasteiger partial charge in [-0.05, 0) is 49.4 Å². The first-order valence-corrected chi connectivity index (χ1v) is 16.2. The normalized spacial score (nSPS) is 14.7. The molecule has 1 saturated carbocycles. The van der Waals surface area contributed by atoms with Gasteiger partial charge in [-0.1, -0.05) is 97.6 Å². The third kappa shape index (κ3) is 8.43. The van der Waals surface area contributed by atoms with E-state index in [9.17, 15) is 18.0 Å². The first-order valence-electron chi connectivity index (χ1n) is 14.3. The van der Waals surface area contributed by atoms with Crippen molar-refractivity contribution in [3.05, 3.63) is 101 Å². The van der Waals surface area contributed by atoms with E-state index in [-0.39, 0.29) is 18.5 Å². The maximum atomic E-state index is 14.2. The van der Waals surface area contributed by atoms with Crippen molar-refractivity contribution in [2.24, 2.45) is 0 Å². The summed E-state index contributed by atoms with van der Waals surface area (Å²) in [6.45, 7) is 3.59. The van der Waals surface area contributed by atoms with Crippen LogP contribution in [-0.4, -0.2) is 50.0 Å². The van der Waals surface area contributed by atoms with Crippen molar-refractivity contribution in [3.8, 4) is 0 Å². The number of nitrogens with one attached hydrogen (secondary N) is 1. The molecule has 1 fully saturated rings. The number of sulfonamides is 1. The Morgan fingerprint density at radius 2 is 1.49 bits per heavy atom. The van der Waals surface area contributed by atoms with Gasteiger partial charge in [0.2, 0.25) is 21.8 Å². The second-order valence-corrected chi connectivity index (χ2v) is 13.0. The average molecular weight is 576 g/mol. The van der Waals surface area contributed by atoms with Crippen LogP contribution < -0.4 is 9.62 Å². The summed E-state index contributed by atoms with van der Waals surface area (Å²) >= 11 is 0. The number of nitrogens with zero attached hydrogens (tertiary/aromatic N) is 2. The van der Waals surface area contributed by atoms with Crippen molar-refractivity contribution in [3.63, 3.8) is 0 Å². The Morgan fingerprint density at radius 1 is 0.854 bits per heavy atom. The summed E-state index contributed by atoms with van der Waals surface area (Å²) in [5.74, 6) is -0.637. The molecule has 8 heteroatoms. The van der Waals surface area contributed by atoms with Crippen LogP contribution in [-0.2, 0) is 32.6 Å². The van der Waals surface area contributed by atoms with Crippen molar-refractivity contribution >= 4 is 27.5 Å². The fourth-order valence-corrected chi connectivity index (χ4v) is 6.33. The molecular formula is C33H41N3O4S. The number of rotatable bonds is 11. The number of aryl methyl sites for hydroxylation is 2. The molecule has 4 rings (SSSR count). The number of hydrogen-bond donors (Lipinski definition) is 1. The van der Waals surface area contributed by atoms with Gasteiger partial charge in [-0.2, -0.15) is 0 Å². The highest BCUT2D eigenvalue weighted by atomic mass is 32.2. The predicted octanol–water partition coefficient (Wildman–Crippen LogP) is 5.16. The highest BCUT2D eigenvalue weighted by molar-refractivity contribution is 7.92. The standard InChI is InChI=1S/C33H41N3O4S/c1-25-18-20-28(21-19-25)23-35(32(37)24-36(41(3,39)40)30-17-11-10-12-26(30)2)31(22-27-13-6-4-7-14-27)33(38)34-29-15-8-5-9-16-29/h4,6-7,10-14,17-21,29,31H,5,8-9,15-16,22-24H2,1-3H3,(H,34,38)/t31-/m1/s1. The zero-order valence-electron chi connectivity index (χ0n) is 24.3. The predicted molar refractivity (Wildman–Crippen MR) is 164 cm³/mol. The van der Waals surface area contributed by atoms with Gasteiger partial charge in [0.05, 0.1) is 11.9 Å². The molecular weight excluding hydrogens is 534 g/mol. The van der Waals surface area contributed by atoms with Gasteiger partial charge in [0.25, 0.3) is 0 Å². The summed E-state index contributed by atoms with van der Waals surface area (Å²) in [7, 11) is -3.79. The van der Waals surface area contributed by atoms with Crippen LogP contribution in [0.25, 0.3) is 0 Å². The first kappa shape index (κ1) is 30.3. The number of anilines is 1. The molecule has 7 nitrogen and oxygen atoms in total. The zero-order valence-corrected chi connectivity index (χ0v) is 25.1. The van der Waals surface area contributed by atoms with E-state index >= 15 is 0 Å². The van der Waals surface area contributed by atoms with E-state index in [1.54, 1.807) is 17.0 Å². The topological polar surface area (TPSA) is 86.8 Å². The van der Waals surface area contributed by atoms with Crippen molar-refractivity contribution < 1.29 is 18.0 Å². The number of carbonyl (C=O) groups excluding carboxylic acids is 2. The van der Waals surface area contributed by atoms with E-state index in [1.807, 2.05) is 80.6 Å². The molecule has 0 spiro atoms. The van der Waals surface area contributed by atoms with Gasteiger partial charge in [-0.25, -0.2) is 8.42 Å². The lowest BCUT2D eigenvalue weighted by atomic mass is 9.94. The van der Waals surface area contributed by atoms with Crippen LogP contribution in [0.15, 0.2) is 78.9 Å². The highest BCUT2D eigenvalue weighted by Crippen LogP contribution is 2.24. The van der Waals surface area contributed by atoms with Gasteiger partial charge in [0.15, 0.2) is 0 Å². The SMILES string of the molecule is Cc1ccc(CN(C(=O)CN(c2ccccc2C)S(C)(=O)=O)[C@H](Cc2ccccc2)C(=O)NC2CCCCC2)cc1. The Morgan fingerprint density at radius 3 is 2.12 bits per heavy atom. The van der Waals surface area contributed by atoms with Gasteiger partial charge in [-0.3, -0.25) is 13.9 Å². The summed E-state index contributed by atoms with van der Waals surface area (Å²) < 4.78 is 27.1. The minimum Gasteiger partial charge on any atom is -0.352 e. The monoisotopic (exact) mass is 575 g/mol. The number of amides is 2. The Hall–Kier alpha value is -3.65. The number of carbonyl (C=O) groups is 2. The van der Waals surface area contributed by atoms with Crippen LogP contribution in [0.2, 0.25) is 0 Å². The minimum atomic E-state index is -3.79. The molecule has 0 saturated heterocycles. The fourth-order valence-electron chi connectivity index (χ4n) is 5.43.